The van der Waals surface area contributed by atoms with Crippen LogP contribution >= 0.6 is 0 Å². The van der Waals surface area contributed by atoms with Gasteiger partial charge >= 0.3 is 0 Å². The molecule has 0 radical (unpaired) electrons. The van der Waals surface area contributed by atoms with E-state index in [0.29, 0.717) is 5.92 Å². The first-order valence-electron chi connectivity index (χ1n) is 11.7. The summed E-state index contributed by atoms with van der Waals surface area (Å²) in [6.07, 6.45) is 4.91. The summed E-state index contributed by atoms with van der Waals surface area (Å²) in [6, 6.07) is 8.79. The highest BCUT2D eigenvalue weighted by Crippen LogP contribution is 2.33. The van der Waals surface area contributed by atoms with Crippen molar-refractivity contribution < 1.29 is 4.74 Å². The first-order chi connectivity index (χ1) is 14.7. The summed E-state index contributed by atoms with van der Waals surface area (Å²) in [4.78, 5) is 9.45. The van der Waals surface area contributed by atoms with Crippen molar-refractivity contribution >= 4 is 5.96 Å². The molecule has 1 aromatic carbocycles. The lowest BCUT2D eigenvalue weighted by Crippen LogP contribution is -2.42. The van der Waals surface area contributed by atoms with Gasteiger partial charge in [0.15, 0.2) is 5.96 Å². The quantitative estimate of drug-likeness (QED) is 0.407. The zero-order valence-corrected chi connectivity index (χ0v) is 19.2. The molecule has 2 heterocycles. The van der Waals surface area contributed by atoms with E-state index < -0.39 is 0 Å². The molecule has 2 aliphatic rings. The second-order valence-electron chi connectivity index (χ2n) is 8.84. The Balaban J connectivity index is 1.40. The number of nitrogens with one attached hydrogen (secondary N) is 2. The lowest BCUT2D eigenvalue weighted by Gasteiger charge is -2.32. The second kappa shape index (κ2) is 12.3. The highest BCUT2D eigenvalue weighted by Gasteiger charge is 2.27. The Hall–Kier alpha value is -1.63. The predicted octanol–water partition coefficient (Wildman–Crippen LogP) is 2.66. The molecular weight excluding hydrogens is 374 g/mol. The lowest BCUT2D eigenvalue weighted by molar-refractivity contribution is -0.0265. The second-order valence-corrected chi connectivity index (χ2v) is 8.84. The summed E-state index contributed by atoms with van der Waals surface area (Å²) in [7, 11) is 4.08. The van der Waals surface area contributed by atoms with E-state index in [0.717, 1.165) is 45.0 Å². The number of hydrogen-bond acceptors (Lipinski definition) is 4. The third-order valence-corrected chi connectivity index (χ3v) is 6.36. The molecule has 0 saturated carbocycles. The minimum atomic E-state index is 0.172. The van der Waals surface area contributed by atoms with E-state index >= 15 is 0 Å². The van der Waals surface area contributed by atoms with Crippen LogP contribution in [0.5, 0.6) is 0 Å². The molecule has 0 spiro atoms. The molecular formula is C24H41N5O. The molecule has 1 aromatic rings. The number of aliphatic imine (C=N–C) groups is 1. The van der Waals surface area contributed by atoms with E-state index in [4.69, 9.17) is 4.74 Å². The molecule has 2 atom stereocenters. The number of nitrogens with zero attached hydrogens (tertiary/aromatic N) is 3. The van der Waals surface area contributed by atoms with Gasteiger partial charge in [0.1, 0.15) is 0 Å². The average molecular weight is 416 g/mol. The standard InChI is InChI=1S/C24H41N5O/c1-20-8-10-21(11-9-20)23-22(7-4-18-30-23)19-27-24(25-2)26-12-5-14-29-15-6-13-28(3)16-17-29/h8-11,22-23H,4-7,12-19H2,1-3H3,(H2,25,26,27). The van der Waals surface area contributed by atoms with Gasteiger partial charge in [0.25, 0.3) is 0 Å². The SMILES string of the molecule is CN=C(NCCCN1CCCN(C)CC1)NCC1CCCOC1c1ccc(C)cc1. The van der Waals surface area contributed by atoms with Crippen molar-refractivity contribution in [3.05, 3.63) is 35.4 Å². The maximum atomic E-state index is 6.16. The van der Waals surface area contributed by atoms with Crippen LogP contribution in [0.1, 0.15) is 42.9 Å². The lowest BCUT2D eigenvalue weighted by atomic mass is 9.89. The van der Waals surface area contributed by atoms with E-state index in [-0.39, 0.29) is 6.10 Å². The predicted molar refractivity (Wildman–Crippen MR) is 125 cm³/mol. The highest BCUT2D eigenvalue weighted by molar-refractivity contribution is 5.79. The van der Waals surface area contributed by atoms with E-state index in [2.05, 4.69) is 63.7 Å². The monoisotopic (exact) mass is 415 g/mol. The molecule has 2 aliphatic heterocycles. The topological polar surface area (TPSA) is 52.1 Å². The van der Waals surface area contributed by atoms with Crippen LogP contribution in [0.3, 0.4) is 0 Å². The number of guanidine groups is 1. The van der Waals surface area contributed by atoms with Gasteiger partial charge in [0, 0.05) is 45.8 Å². The maximum absolute atomic E-state index is 6.16. The smallest absolute Gasteiger partial charge is 0.190 e. The molecule has 2 N–H and O–H groups in total. The number of ether oxygens (including phenoxy) is 1. The first kappa shape index (κ1) is 23.0. The molecule has 2 saturated heterocycles. The number of benzene rings is 1. The molecule has 30 heavy (non-hydrogen) atoms. The van der Waals surface area contributed by atoms with Crippen molar-refractivity contribution in [2.24, 2.45) is 10.9 Å². The summed E-state index contributed by atoms with van der Waals surface area (Å²) in [5, 5.41) is 7.04. The van der Waals surface area contributed by atoms with E-state index in [1.165, 1.54) is 50.1 Å². The number of rotatable bonds is 7. The molecule has 6 heteroatoms. The average Bonchev–Trinajstić information content (AvgIpc) is 2.98. The molecule has 168 valence electrons. The van der Waals surface area contributed by atoms with Gasteiger partial charge in [0.05, 0.1) is 6.10 Å². The van der Waals surface area contributed by atoms with E-state index in [1.807, 2.05) is 7.05 Å². The normalized spacial score (nSPS) is 24.4. The van der Waals surface area contributed by atoms with Gasteiger partial charge in [-0.3, -0.25) is 4.99 Å². The molecule has 0 aromatic heterocycles. The molecule has 0 bridgehead atoms. The number of aryl methyl sites for hydroxylation is 1. The summed E-state index contributed by atoms with van der Waals surface area (Å²) in [6.45, 7) is 10.8. The van der Waals surface area contributed by atoms with Crippen molar-refractivity contribution in [3.63, 3.8) is 0 Å². The summed E-state index contributed by atoms with van der Waals surface area (Å²) >= 11 is 0. The van der Waals surface area contributed by atoms with Crippen molar-refractivity contribution in [3.8, 4) is 0 Å². The van der Waals surface area contributed by atoms with Crippen molar-refractivity contribution in [1.82, 2.24) is 20.4 Å². The highest BCUT2D eigenvalue weighted by atomic mass is 16.5. The van der Waals surface area contributed by atoms with Gasteiger partial charge in [-0.25, -0.2) is 0 Å². The molecule has 3 rings (SSSR count). The summed E-state index contributed by atoms with van der Waals surface area (Å²) in [5.74, 6) is 1.37. The van der Waals surface area contributed by atoms with Gasteiger partial charge in [-0.05, 0) is 64.9 Å². The van der Waals surface area contributed by atoms with Crippen LogP contribution in [0.4, 0.5) is 0 Å². The van der Waals surface area contributed by atoms with Gasteiger partial charge in [0.2, 0.25) is 0 Å². The third kappa shape index (κ3) is 7.25. The van der Waals surface area contributed by atoms with Gasteiger partial charge < -0.3 is 25.2 Å². The Labute approximate surface area is 183 Å². The summed E-state index contributed by atoms with van der Waals surface area (Å²) < 4.78 is 6.16. The van der Waals surface area contributed by atoms with Crippen molar-refractivity contribution in [1.29, 1.82) is 0 Å². The van der Waals surface area contributed by atoms with Crippen LogP contribution in [0.15, 0.2) is 29.3 Å². The Morgan fingerprint density at radius 3 is 2.73 bits per heavy atom. The Bertz CT molecular complexity index is 648. The first-order valence-corrected chi connectivity index (χ1v) is 11.7. The largest absolute Gasteiger partial charge is 0.373 e. The molecule has 2 unspecified atom stereocenters. The number of likely N-dealkylation sites (N-methyl/N-ethyl adjacent to an activating group) is 1. The van der Waals surface area contributed by atoms with E-state index in [1.54, 1.807) is 0 Å². The van der Waals surface area contributed by atoms with E-state index in [9.17, 15) is 0 Å². The van der Waals surface area contributed by atoms with Crippen LogP contribution in [0.2, 0.25) is 0 Å². The minimum Gasteiger partial charge on any atom is -0.373 e. The molecule has 2 fully saturated rings. The van der Waals surface area contributed by atoms with Crippen molar-refractivity contribution in [2.45, 2.75) is 38.7 Å². The van der Waals surface area contributed by atoms with Gasteiger partial charge in [-0.1, -0.05) is 29.8 Å². The van der Waals surface area contributed by atoms with Crippen LogP contribution in [-0.2, 0) is 4.74 Å². The maximum Gasteiger partial charge on any atom is 0.190 e. The third-order valence-electron chi connectivity index (χ3n) is 6.36. The van der Waals surface area contributed by atoms with Gasteiger partial charge in [-0.2, -0.15) is 0 Å². The summed E-state index contributed by atoms with van der Waals surface area (Å²) in [5.41, 5.74) is 2.58. The fourth-order valence-electron chi connectivity index (χ4n) is 4.46. The fraction of sp³-hybridized carbons (Fsp3) is 0.708. The Morgan fingerprint density at radius 1 is 1.10 bits per heavy atom. The molecule has 6 nitrogen and oxygen atoms in total. The van der Waals surface area contributed by atoms with Crippen molar-refractivity contribution in [2.75, 3.05) is 66.5 Å². The Morgan fingerprint density at radius 2 is 1.93 bits per heavy atom. The minimum absolute atomic E-state index is 0.172. The Kier molecular flexibility index (Phi) is 9.43. The van der Waals surface area contributed by atoms with Gasteiger partial charge in [-0.15, -0.1) is 0 Å². The van der Waals surface area contributed by atoms with Crippen LogP contribution in [0.25, 0.3) is 0 Å². The van der Waals surface area contributed by atoms with Crippen LogP contribution in [0, 0.1) is 12.8 Å². The molecule has 0 aliphatic carbocycles. The van der Waals surface area contributed by atoms with Crippen LogP contribution in [-0.4, -0.2) is 82.3 Å². The zero-order valence-electron chi connectivity index (χ0n) is 19.2. The number of hydrogen-bond donors (Lipinski definition) is 2. The fourth-order valence-corrected chi connectivity index (χ4v) is 4.46. The molecule has 0 amide bonds. The van der Waals surface area contributed by atoms with Crippen LogP contribution < -0.4 is 10.6 Å². The zero-order chi connectivity index (χ0) is 21.2.